The van der Waals surface area contributed by atoms with Gasteiger partial charge in [0, 0.05) is 6.54 Å². The molecule has 0 bridgehead atoms. The average Bonchev–Trinajstić information content (AvgIpc) is 2.62. The third-order valence-electron chi connectivity index (χ3n) is 2.78. The first-order valence-electron chi connectivity index (χ1n) is 5.99. The van der Waals surface area contributed by atoms with Crippen molar-refractivity contribution >= 4 is 5.91 Å². The molecule has 1 rings (SSSR count). The number of amides is 1. The van der Waals surface area contributed by atoms with Crippen molar-refractivity contribution in [3.63, 3.8) is 0 Å². The van der Waals surface area contributed by atoms with E-state index in [0.29, 0.717) is 19.0 Å². The predicted octanol–water partition coefficient (Wildman–Crippen LogP) is 1.28. The third-order valence-corrected chi connectivity index (χ3v) is 2.78. The Morgan fingerprint density at radius 3 is 2.71 bits per heavy atom. The first-order chi connectivity index (χ1) is 8.08. The lowest BCUT2D eigenvalue weighted by atomic mass is 10.0. The maximum atomic E-state index is 11.8. The highest BCUT2D eigenvalue weighted by Crippen LogP contribution is 2.09. The Morgan fingerprint density at radius 1 is 1.53 bits per heavy atom. The molecule has 0 fully saturated rings. The zero-order valence-corrected chi connectivity index (χ0v) is 10.7. The lowest BCUT2D eigenvalue weighted by Crippen LogP contribution is -2.34. The van der Waals surface area contributed by atoms with Crippen LogP contribution in [0.25, 0.3) is 0 Å². The van der Waals surface area contributed by atoms with Crippen LogP contribution in [0.3, 0.4) is 0 Å². The third kappa shape index (κ3) is 3.85. The van der Waals surface area contributed by atoms with Crippen molar-refractivity contribution < 1.29 is 9.21 Å². The van der Waals surface area contributed by atoms with E-state index in [4.69, 9.17) is 10.2 Å². The molecular weight excluding hydrogens is 218 g/mol. The van der Waals surface area contributed by atoms with Crippen LogP contribution in [0.2, 0.25) is 0 Å². The molecule has 0 aliphatic rings. The number of nitrogens with two attached hydrogens (primary N) is 1. The fraction of sp³-hybridized carbons (Fsp3) is 0.667. The molecule has 1 heterocycles. The van der Waals surface area contributed by atoms with Crippen LogP contribution in [0.15, 0.2) is 4.42 Å². The van der Waals surface area contributed by atoms with E-state index in [1.54, 1.807) is 0 Å². The molecule has 0 aliphatic carbocycles. The molecule has 1 aromatic rings. The second-order valence-electron chi connectivity index (χ2n) is 4.19. The minimum Gasteiger partial charge on any atom is -0.444 e. The number of nitrogens with zero attached hydrogens (tertiary/aromatic N) is 1. The zero-order valence-electron chi connectivity index (χ0n) is 10.7. The molecule has 1 unspecified atom stereocenters. The molecule has 3 N–H and O–H groups in total. The summed E-state index contributed by atoms with van der Waals surface area (Å²) in [6, 6.07) is 0. The lowest BCUT2D eigenvalue weighted by molar-refractivity contribution is -0.125. The van der Waals surface area contributed by atoms with Crippen LogP contribution >= 0.6 is 0 Å². The van der Waals surface area contributed by atoms with E-state index in [0.717, 1.165) is 24.3 Å². The Hall–Kier alpha value is -1.36. The smallest absolute Gasteiger partial charge is 0.224 e. The Balaban J connectivity index is 2.47. The molecular formula is C12H21N3O2. The van der Waals surface area contributed by atoms with Crippen molar-refractivity contribution in [3.05, 3.63) is 17.3 Å². The molecule has 1 aromatic heterocycles. The predicted molar refractivity (Wildman–Crippen MR) is 65.3 cm³/mol. The fourth-order valence-corrected chi connectivity index (χ4v) is 1.63. The minimum absolute atomic E-state index is 0.0251. The van der Waals surface area contributed by atoms with E-state index < -0.39 is 0 Å². The molecule has 0 aromatic carbocycles. The average molecular weight is 239 g/mol. The summed E-state index contributed by atoms with van der Waals surface area (Å²) in [5.41, 5.74) is 6.42. The lowest BCUT2D eigenvalue weighted by Gasteiger charge is -2.12. The molecule has 5 heteroatoms. The SMILES string of the molecule is CCCC(CN)C(=O)NCc1nc(C)c(C)o1. The van der Waals surface area contributed by atoms with Crippen LogP contribution < -0.4 is 11.1 Å². The quantitative estimate of drug-likeness (QED) is 0.783. The number of carbonyl (C=O) groups excluding carboxylic acids is 1. The molecule has 1 amide bonds. The molecule has 1 atom stereocenters. The van der Waals surface area contributed by atoms with Crippen molar-refractivity contribution in [3.8, 4) is 0 Å². The molecule has 0 spiro atoms. The van der Waals surface area contributed by atoms with E-state index >= 15 is 0 Å². The van der Waals surface area contributed by atoms with Crippen LogP contribution in [0.5, 0.6) is 0 Å². The van der Waals surface area contributed by atoms with Gasteiger partial charge in [0.25, 0.3) is 0 Å². The summed E-state index contributed by atoms with van der Waals surface area (Å²) in [5, 5.41) is 2.80. The molecule has 5 nitrogen and oxygen atoms in total. The number of rotatable bonds is 6. The summed E-state index contributed by atoms with van der Waals surface area (Å²) < 4.78 is 5.38. The van der Waals surface area contributed by atoms with Gasteiger partial charge < -0.3 is 15.5 Å². The molecule has 0 radical (unpaired) electrons. The monoisotopic (exact) mass is 239 g/mol. The van der Waals surface area contributed by atoms with E-state index in [1.165, 1.54) is 0 Å². The van der Waals surface area contributed by atoms with Gasteiger partial charge in [-0.2, -0.15) is 0 Å². The maximum Gasteiger partial charge on any atom is 0.224 e. The number of aromatic nitrogens is 1. The molecule has 96 valence electrons. The van der Waals surface area contributed by atoms with E-state index in [-0.39, 0.29) is 11.8 Å². The summed E-state index contributed by atoms with van der Waals surface area (Å²) in [4.78, 5) is 16.0. The van der Waals surface area contributed by atoms with Crippen molar-refractivity contribution in [2.45, 2.75) is 40.2 Å². The Labute approximate surface area is 102 Å². The van der Waals surface area contributed by atoms with E-state index in [2.05, 4.69) is 10.3 Å². The van der Waals surface area contributed by atoms with Gasteiger partial charge in [0.15, 0.2) is 0 Å². The second-order valence-corrected chi connectivity index (χ2v) is 4.19. The van der Waals surface area contributed by atoms with Gasteiger partial charge in [0.1, 0.15) is 5.76 Å². The standard InChI is InChI=1S/C12H21N3O2/c1-4-5-10(6-13)12(16)14-7-11-15-8(2)9(3)17-11/h10H,4-7,13H2,1-3H3,(H,14,16). The number of carbonyl (C=O) groups is 1. The van der Waals surface area contributed by atoms with E-state index in [9.17, 15) is 4.79 Å². The minimum atomic E-state index is -0.114. The first kappa shape index (κ1) is 13.7. The Morgan fingerprint density at radius 2 is 2.24 bits per heavy atom. The Bertz CT molecular complexity index is 354. The zero-order chi connectivity index (χ0) is 12.8. The first-order valence-corrected chi connectivity index (χ1v) is 5.99. The van der Waals surface area contributed by atoms with Gasteiger partial charge in [-0.15, -0.1) is 0 Å². The van der Waals surface area contributed by atoms with Gasteiger partial charge in [0.05, 0.1) is 18.2 Å². The van der Waals surface area contributed by atoms with Crippen molar-refractivity contribution in [2.75, 3.05) is 6.54 Å². The van der Waals surface area contributed by atoms with Crippen LogP contribution in [0.1, 0.15) is 37.1 Å². The van der Waals surface area contributed by atoms with Gasteiger partial charge in [-0.1, -0.05) is 13.3 Å². The van der Waals surface area contributed by atoms with Gasteiger partial charge in [0.2, 0.25) is 11.8 Å². The highest BCUT2D eigenvalue weighted by molar-refractivity contribution is 5.78. The number of nitrogens with one attached hydrogen (secondary N) is 1. The highest BCUT2D eigenvalue weighted by Gasteiger charge is 2.16. The topological polar surface area (TPSA) is 81.2 Å². The van der Waals surface area contributed by atoms with Crippen molar-refractivity contribution in [1.82, 2.24) is 10.3 Å². The van der Waals surface area contributed by atoms with Crippen LogP contribution in [0.4, 0.5) is 0 Å². The highest BCUT2D eigenvalue weighted by atomic mass is 16.4. The normalized spacial score (nSPS) is 12.5. The summed E-state index contributed by atoms with van der Waals surface area (Å²) in [5.74, 6) is 1.19. The van der Waals surface area contributed by atoms with Gasteiger partial charge >= 0.3 is 0 Å². The summed E-state index contributed by atoms with van der Waals surface area (Å²) in [6.07, 6.45) is 1.76. The van der Waals surface area contributed by atoms with Crippen molar-refractivity contribution in [1.29, 1.82) is 0 Å². The van der Waals surface area contributed by atoms with Crippen LogP contribution in [0, 0.1) is 19.8 Å². The fourth-order valence-electron chi connectivity index (χ4n) is 1.63. The van der Waals surface area contributed by atoms with Crippen LogP contribution in [-0.2, 0) is 11.3 Å². The van der Waals surface area contributed by atoms with Gasteiger partial charge in [-0.05, 0) is 20.3 Å². The number of hydrogen-bond acceptors (Lipinski definition) is 4. The van der Waals surface area contributed by atoms with Crippen LogP contribution in [-0.4, -0.2) is 17.4 Å². The summed E-state index contributed by atoms with van der Waals surface area (Å²) >= 11 is 0. The van der Waals surface area contributed by atoms with Gasteiger partial charge in [-0.3, -0.25) is 4.79 Å². The largest absolute Gasteiger partial charge is 0.444 e. The van der Waals surface area contributed by atoms with Crippen molar-refractivity contribution in [2.24, 2.45) is 11.7 Å². The van der Waals surface area contributed by atoms with Gasteiger partial charge in [-0.25, -0.2) is 4.98 Å². The number of aryl methyl sites for hydroxylation is 2. The molecule has 0 saturated heterocycles. The van der Waals surface area contributed by atoms with E-state index in [1.807, 2.05) is 20.8 Å². The molecule has 0 saturated carbocycles. The molecule has 0 aliphatic heterocycles. The second kappa shape index (κ2) is 6.39. The molecule has 17 heavy (non-hydrogen) atoms. The Kier molecular flexibility index (Phi) is 5.15. The summed E-state index contributed by atoms with van der Waals surface area (Å²) in [6.45, 7) is 6.48. The maximum absolute atomic E-state index is 11.8. The number of oxazole rings is 1. The number of hydrogen-bond donors (Lipinski definition) is 2. The summed E-state index contributed by atoms with van der Waals surface area (Å²) in [7, 11) is 0.